The molecular weight excluding hydrogens is 615 g/mol. The molecule has 1 aromatic heterocycles. The molecule has 1 aromatic carbocycles. The Morgan fingerprint density at radius 1 is 1.37 bits per heavy atom. The van der Waals surface area contributed by atoms with Gasteiger partial charge >= 0.3 is 11.9 Å². The summed E-state index contributed by atoms with van der Waals surface area (Å²) in [7, 11) is 1.17. The molecule has 11 nitrogen and oxygen atoms in total. The average Bonchev–Trinajstić information content (AvgIpc) is 3.67. The van der Waals surface area contributed by atoms with Crippen LogP contribution < -0.4 is 5.32 Å². The third-order valence-corrected chi connectivity index (χ3v) is 9.03. The zero-order chi connectivity index (χ0) is 31.3. The summed E-state index contributed by atoms with van der Waals surface area (Å²) >= 11 is 7.64. The molecule has 16 heteroatoms. The number of β-amino-alcohol motifs (C(OH)–C–C–N with tert-alkyl or cyclic N) is 1. The van der Waals surface area contributed by atoms with E-state index in [2.05, 4.69) is 15.3 Å². The van der Waals surface area contributed by atoms with Gasteiger partial charge in [0.05, 0.1) is 49.9 Å². The van der Waals surface area contributed by atoms with Crippen molar-refractivity contribution in [2.45, 2.75) is 44.0 Å². The normalized spacial score (nSPS) is 24.8. The van der Waals surface area contributed by atoms with Crippen LogP contribution in [0.15, 0.2) is 46.0 Å². The van der Waals surface area contributed by atoms with Crippen LogP contribution in [0.2, 0.25) is 5.02 Å². The number of carbonyl (C=O) groups excluding carboxylic acids is 1. The van der Waals surface area contributed by atoms with E-state index in [1.165, 1.54) is 49.3 Å². The Bertz CT molecular complexity index is 1470. The first-order valence-electron chi connectivity index (χ1n) is 13.2. The molecule has 0 aliphatic carbocycles. The monoisotopic (exact) mass is 643 g/mol. The summed E-state index contributed by atoms with van der Waals surface area (Å²) in [6.45, 7) is 1.07. The number of likely N-dealkylation sites (tertiary alicyclic amines) is 1. The molecule has 2 aromatic rings. The Labute approximate surface area is 253 Å². The molecule has 3 aliphatic rings. The van der Waals surface area contributed by atoms with Crippen LogP contribution in [0.1, 0.15) is 30.5 Å². The molecule has 4 atom stereocenters. The number of aromatic nitrogens is 1. The van der Waals surface area contributed by atoms with Crippen LogP contribution in [-0.2, 0) is 19.2 Å². The topological polar surface area (TPSA) is 137 Å². The number of benzene rings is 1. The van der Waals surface area contributed by atoms with Crippen LogP contribution in [0.5, 0.6) is 0 Å². The number of alkyl halides is 2. The van der Waals surface area contributed by atoms with E-state index in [1.54, 1.807) is 11.6 Å². The first-order chi connectivity index (χ1) is 20.2. The molecule has 3 aliphatic heterocycles. The molecule has 5 rings (SSSR count). The lowest BCUT2D eigenvalue weighted by Crippen LogP contribution is -2.51. The van der Waals surface area contributed by atoms with E-state index in [1.807, 2.05) is 0 Å². The number of carboxylic acid groups (broad SMARTS) is 1. The summed E-state index contributed by atoms with van der Waals surface area (Å²) in [5.41, 5.74) is -1.10. The number of rotatable bonds is 9. The molecule has 43 heavy (non-hydrogen) atoms. The number of ether oxygens (including phenoxy) is 1. The number of aliphatic hydroxyl groups excluding tert-OH is 1. The number of halogens is 4. The largest absolute Gasteiger partial charge is 0.481 e. The lowest BCUT2D eigenvalue weighted by atomic mass is 9.86. The van der Waals surface area contributed by atoms with Gasteiger partial charge in [0.1, 0.15) is 17.9 Å². The highest BCUT2D eigenvalue weighted by molar-refractivity contribution is 7.11. The minimum absolute atomic E-state index is 0.00233. The highest BCUT2D eigenvalue weighted by Crippen LogP contribution is 2.42. The predicted octanol–water partition coefficient (Wildman–Crippen LogP) is 2.86. The average molecular weight is 644 g/mol. The molecule has 0 spiro atoms. The van der Waals surface area contributed by atoms with E-state index in [0.717, 1.165) is 11.1 Å². The van der Waals surface area contributed by atoms with Crippen LogP contribution in [0.3, 0.4) is 0 Å². The maximum Gasteiger partial charge on any atom is 0.338 e. The minimum atomic E-state index is -3.32. The second kappa shape index (κ2) is 11.8. The maximum absolute atomic E-state index is 15.5. The van der Waals surface area contributed by atoms with Gasteiger partial charge in [0, 0.05) is 34.4 Å². The number of hydroxylamine groups is 2. The molecule has 3 N–H and O–H groups in total. The summed E-state index contributed by atoms with van der Waals surface area (Å²) in [6, 6.07) is 0.211. The van der Waals surface area contributed by atoms with Gasteiger partial charge in [-0.3, -0.25) is 19.5 Å². The number of nitrogens with zero attached hydrogens (tertiary/aromatic N) is 4. The number of fused-ring (bicyclic) bond motifs is 1. The van der Waals surface area contributed by atoms with Gasteiger partial charge in [0.2, 0.25) is 0 Å². The smallest absolute Gasteiger partial charge is 0.338 e. The van der Waals surface area contributed by atoms with Crippen molar-refractivity contribution >= 4 is 40.7 Å². The molecule has 0 unspecified atom stereocenters. The maximum atomic E-state index is 15.5. The first-order valence-corrected chi connectivity index (χ1v) is 14.4. The zero-order valence-corrected chi connectivity index (χ0v) is 24.8. The summed E-state index contributed by atoms with van der Waals surface area (Å²) in [5, 5.41) is 26.2. The number of amidine groups is 1. The lowest BCUT2D eigenvalue weighted by Gasteiger charge is -2.32. The van der Waals surface area contributed by atoms with Gasteiger partial charge in [-0.2, -0.15) is 5.06 Å². The summed E-state index contributed by atoms with van der Waals surface area (Å²) in [4.78, 5) is 40.7. The summed E-state index contributed by atoms with van der Waals surface area (Å²) in [6.07, 6.45) is 0.0555. The summed E-state index contributed by atoms with van der Waals surface area (Å²) < 4.78 is 50.0. The molecule has 0 bridgehead atoms. The molecule has 4 heterocycles. The Kier molecular flexibility index (Phi) is 8.59. The SMILES string of the molecule is COC(=O)C1=C(CN2CC(F)(F)[C@H]3[C@@H]2CON3C[C@H](O)C(C)(C)C(=O)O)NC(c2nccs2)=N[C@H]1c1ccc(F)cc1Cl. The van der Waals surface area contributed by atoms with E-state index in [0.29, 0.717) is 10.6 Å². The van der Waals surface area contributed by atoms with Crippen LogP contribution >= 0.6 is 22.9 Å². The Morgan fingerprint density at radius 2 is 2.12 bits per heavy atom. The molecule has 232 valence electrons. The van der Waals surface area contributed by atoms with E-state index < -0.39 is 66.4 Å². The Hall–Kier alpha value is -3.08. The van der Waals surface area contributed by atoms with Gasteiger partial charge in [-0.15, -0.1) is 11.3 Å². The van der Waals surface area contributed by atoms with Crippen molar-refractivity contribution in [3.63, 3.8) is 0 Å². The predicted molar refractivity (Wildman–Crippen MR) is 149 cm³/mol. The van der Waals surface area contributed by atoms with Gasteiger partial charge in [0.15, 0.2) is 10.8 Å². The highest BCUT2D eigenvalue weighted by Gasteiger charge is 2.61. The van der Waals surface area contributed by atoms with Crippen molar-refractivity contribution in [1.29, 1.82) is 0 Å². The van der Waals surface area contributed by atoms with E-state index in [9.17, 15) is 24.2 Å². The zero-order valence-electron chi connectivity index (χ0n) is 23.3. The number of aliphatic carboxylic acids is 1. The fourth-order valence-corrected chi connectivity index (χ4v) is 6.22. The van der Waals surface area contributed by atoms with E-state index in [-0.39, 0.29) is 35.3 Å². The number of aliphatic imine (C=N–C) groups is 1. The molecular formula is C27H29ClF3N5O6S. The van der Waals surface area contributed by atoms with Gasteiger partial charge in [-0.05, 0) is 26.0 Å². The fraction of sp³-hybridized carbons (Fsp3) is 0.481. The van der Waals surface area contributed by atoms with Crippen molar-refractivity contribution in [2.24, 2.45) is 10.4 Å². The number of hydrogen-bond donors (Lipinski definition) is 3. The second-order valence-electron chi connectivity index (χ2n) is 11.0. The lowest BCUT2D eigenvalue weighted by molar-refractivity contribution is -0.202. The van der Waals surface area contributed by atoms with Crippen LogP contribution in [0.25, 0.3) is 0 Å². The molecule has 2 fully saturated rings. The third kappa shape index (κ3) is 5.89. The van der Waals surface area contributed by atoms with Gasteiger partial charge in [-0.25, -0.2) is 22.9 Å². The van der Waals surface area contributed by atoms with Crippen molar-refractivity contribution < 1.29 is 42.5 Å². The quantitative estimate of drug-likeness (QED) is 0.350. The number of nitrogens with one attached hydrogen (secondary N) is 1. The third-order valence-electron chi connectivity index (χ3n) is 7.92. The number of thiazole rings is 1. The number of carbonyl (C=O) groups is 2. The van der Waals surface area contributed by atoms with Gasteiger partial charge in [0.25, 0.3) is 5.92 Å². The number of carboxylic acids is 1. The van der Waals surface area contributed by atoms with Crippen molar-refractivity contribution in [3.8, 4) is 0 Å². The molecule has 0 radical (unpaired) electrons. The fourth-order valence-electron chi connectivity index (χ4n) is 5.37. The van der Waals surface area contributed by atoms with E-state index in [4.69, 9.17) is 21.2 Å². The van der Waals surface area contributed by atoms with E-state index >= 15 is 8.78 Å². The number of methoxy groups -OCH3 is 1. The Morgan fingerprint density at radius 3 is 2.74 bits per heavy atom. The van der Waals surface area contributed by atoms with Crippen molar-refractivity contribution in [3.05, 3.63) is 62.5 Å². The van der Waals surface area contributed by atoms with Crippen LogP contribution in [0, 0.1) is 11.2 Å². The minimum Gasteiger partial charge on any atom is -0.481 e. The Balaban J connectivity index is 1.50. The standard InChI is InChI=1S/C27H29ClF3N5O6S/c1-26(2,25(39)40)18(37)10-36-21-17(11-42-36)35(12-27(21,30)31)9-16-19(24(38)41-3)20(14-5-4-13(29)8-15(14)28)34-22(33-16)23-32-6-7-43-23/h4-8,17-18,20-21,37H,9-12H2,1-3H3,(H,33,34)(H,39,40)/t17-,18-,20-,21+/m0/s1. The number of hydrogen-bond acceptors (Lipinski definition) is 11. The summed E-state index contributed by atoms with van der Waals surface area (Å²) in [5.74, 6) is -5.73. The molecule has 0 saturated carbocycles. The van der Waals surface area contributed by atoms with Crippen molar-refractivity contribution in [1.82, 2.24) is 20.3 Å². The molecule has 0 amide bonds. The van der Waals surface area contributed by atoms with Crippen LogP contribution in [-0.4, -0.2) is 100 Å². The van der Waals surface area contributed by atoms with Gasteiger partial charge in [-0.1, -0.05) is 17.7 Å². The first kappa shape index (κ1) is 31.3. The van der Waals surface area contributed by atoms with Gasteiger partial charge < -0.3 is 20.3 Å². The van der Waals surface area contributed by atoms with Crippen LogP contribution in [0.4, 0.5) is 13.2 Å². The number of esters is 1. The number of aliphatic hydroxyl groups is 1. The highest BCUT2D eigenvalue weighted by atomic mass is 35.5. The second-order valence-corrected chi connectivity index (χ2v) is 12.3. The molecule has 2 saturated heterocycles. The van der Waals surface area contributed by atoms with Crippen molar-refractivity contribution in [2.75, 3.05) is 33.4 Å².